The molecule has 0 radical (unpaired) electrons. The molecule has 1 atom stereocenters. The highest BCUT2D eigenvalue weighted by Crippen LogP contribution is 2.24. The number of hydrogen-bond acceptors (Lipinski definition) is 7. The van der Waals surface area contributed by atoms with Gasteiger partial charge in [0.15, 0.2) is 5.76 Å². The maximum Gasteiger partial charge on any atom is 0.421 e. The minimum atomic E-state index is -4.07. The van der Waals surface area contributed by atoms with Gasteiger partial charge < -0.3 is 19.6 Å². The molecule has 13 heteroatoms. The number of halogens is 2. The zero-order valence-corrected chi connectivity index (χ0v) is 22.4. The molecule has 1 aromatic rings. The summed E-state index contributed by atoms with van der Waals surface area (Å²) in [6.45, 7) is 6.09. The number of ether oxygens (including phenoxy) is 1. The largest absolute Gasteiger partial charge is 0.503 e. The van der Waals surface area contributed by atoms with Crippen molar-refractivity contribution < 1.29 is 32.6 Å². The van der Waals surface area contributed by atoms with Crippen molar-refractivity contribution in [3.05, 3.63) is 45.1 Å². The van der Waals surface area contributed by atoms with Crippen LogP contribution < -0.4 is 4.72 Å². The third-order valence-electron chi connectivity index (χ3n) is 5.09. The van der Waals surface area contributed by atoms with Crippen molar-refractivity contribution in [3.63, 3.8) is 0 Å². The van der Waals surface area contributed by atoms with Crippen molar-refractivity contribution in [2.45, 2.75) is 51.5 Å². The summed E-state index contributed by atoms with van der Waals surface area (Å²) < 4.78 is 31.6. The Bertz CT molecular complexity index is 1150. The zero-order chi connectivity index (χ0) is 26.7. The number of carbonyl (C=O) groups excluding carboxylic acids is 3. The van der Waals surface area contributed by atoms with Crippen LogP contribution >= 0.6 is 23.2 Å². The summed E-state index contributed by atoms with van der Waals surface area (Å²) in [6.07, 6.45) is -1.14. The first kappa shape index (κ1) is 28.7. The molecule has 0 spiro atoms. The Kier molecular flexibility index (Phi) is 9.07. The van der Waals surface area contributed by atoms with Gasteiger partial charge in [0.05, 0.1) is 27.4 Å². The van der Waals surface area contributed by atoms with Crippen LogP contribution in [0.3, 0.4) is 0 Å². The molecule has 1 heterocycles. The van der Waals surface area contributed by atoms with Gasteiger partial charge in [-0.15, -0.1) is 0 Å². The van der Waals surface area contributed by atoms with Gasteiger partial charge in [-0.25, -0.2) is 17.9 Å². The molecule has 0 aromatic heterocycles. The number of sulfonamides is 1. The van der Waals surface area contributed by atoms with Crippen LogP contribution in [0.4, 0.5) is 4.79 Å². The van der Waals surface area contributed by atoms with Crippen molar-refractivity contribution in [2.24, 2.45) is 0 Å². The van der Waals surface area contributed by atoms with Crippen LogP contribution in [0.15, 0.2) is 29.5 Å². The Morgan fingerprint density at radius 3 is 2.46 bits per heavy atom. The maximum atomic E-state index is 12.8. The summed E-state index contributed by atoms with van der Waals surface area (Å²) in [4.78, 5) is 39.6. The Labute approximate surface area is 214 Å². The van der Waals surface area contributed by atoms with Gasteiger partial charge in [-0.3, -0.25) is 9.59 Å². The van der Waals surface area contributed by atoms with Gasteiger partial charge in [0.2, 0.25) is 10.0 Å². The molecule has 0 saturated carbocycles. The monoisotopic (exact) mass is 549 g/mol. The lowest BCUT2D eigenvalue weighted by Gasteiger charge is -2.22. The normalized spacial score (nSPS) is 15.3. The number of rotatable bonds is 8. The summed E-state index contributed by atoms with van der Waals surface area (Å²) in [5.41, 5.74) is -0.266. The molecule has 0 fully saturated rings. The van der Waals surface area contributed by atoms with E-state index in [9.17, 15) is 27.9 Å². The smallest absolute Gasteiger partial charge is 0.421 e. The fourth-order valence-corrected chi connectivity index (χ4v) is 4.40. The molecule has 35 heavy (non-hydrogen) atoms. The fraction of sp³-hybridized carbons (Fsp3) is 0.500. The van der Waals surface area contributed by atoms with E-state index in [2.05, 4.69) is 0 Å². The van der Waals surface area contributed by atoms with E-state index >= 15 is 0 Å². The minimum absolute atomic E-state index is 0.0439. The topological polar surface area (TPSA) is 133 Å². The van der Waals surface area contributed by atoms with Crippen molar-refractivity contribution in [2.75, 3.05) is 20.1 Å². The second kappa shape index (κ2) is 11.0. The molecular weight excluding hydrogens is 521 g/mol. The van der Waals surface area contributed by atoms with Gasteiger partial charge in [-0.05, 0) is 51.8 Å². The van der Waals surface area contributed by atoms with Crippen LogP contribution in [0.1, 0.15) is 39.7 Å². The van der Waals surface area contributed by atoms with Gasteiger partial charge in [0, 0.05) is 20.1 Å². The van der Waals surface area contributed by atoms with E-state index < -0.39 is 44.5 Å². The molecule has 1 aromatic carbocycles. The van der Waals surface area contributed by atoms with Crippen LogP contribution in [0.2, 0.25) is 10.0 Å². The predicted octanol–water partition coefficient (Wildman–Crippen LogP) is 3.24. The molecular formula is C22H29Cl2N3O7S. The lowest BCUT2D eigenvalue weighted by atomic mass is 10.2. The zero-order valence-electron chi connectivity index (χ0n) is 20.1. The first-order valence-corrected chi connectivity index (χ1v) is 13.0. The van der Waals surface area contributed by atoms with Crippen LogP contribution in [0.25, 0.3) is 0 Å². The van der Waals surface area contributed by atoms with Crippen LogP contribution in [0, 0.1) is 0 Å². The molecule has 1 aliphatic rings. The van der Waals surface area contributed by atoms with Crippen LogP contribution in [0.5, 0.6) is 0 Å². The van der Waals surface area contributed by atoms with Gasteiger partial charge >= 0.3 is 6.09 Å². The number of benzene rings is 1. The number of likely N-dealkylation sites (N-methyl/N-ethyl adjacent to an activating group) is 1. The Hall–Kier alpha value is -2.50. The SMILES string of the molecule is CC(CCN1CC(C(=O)N(C)Cc2ccc(Cl)c(Cl)c2)=C(O)C1=O)S(=O)(=O)NC(=O)OC(C)(C)C. The quantitative estimate of drug-likeness (QED) is 0.508. The van der Waals surface area contributed by atoms with E-state index in [1.54, 1.807) is 39.0 Å². The first-order chi connectivity index (χ1) is 16.0. The molecule has 0 bridgehead atoms. The average Bonchev–Trinajstić information content (AvgIpc) is 3.00. The molecule has 1 aliphatic heterocycles. The standard InChI is InChI=1S/C22H29Cl2N3O7S/c1-13(35(32,33)25-21(31)34-22(2,3)4)8-9-27-12-15(18(28)20(27)30)19(29)26(5)11-14-6-7-16(23)17(24)10-14/h6-7,10,13,28H,8-9,11-12H2,1-5H3,(H,25,31). The lowest BCUT2D eigenvalue weighted by molar-refractivity contribution is -0.128. The number of amides is 3. The van der Waals surface area contributed by atoms with Crippen molar-refractivity contribution in [1.29, 1.82) is 0 Å². The van der Waals surface area contributed by atoms with E-state index in [1.807, 2.05) is 4.72 Å². The molecule has 194 valence electrons. The Morgan fingerprint density at radius 1 is 1.26 bits per heavy atom. The van der Waals surface area contributed by atoms with Gasteiger partial charge in [0.1, 0.15) is 5.60 Å². The highest BCUT2D eigenvalue weighted by atomic mass is 35.5. The third-order valence-corrected chi connectivity index (χ3v) is 7.58. The minimum Gasteiger partial charge on any atom is -0.503 e. The highest BCUT2D eigenvalue weighted by molar-refractivity contribution is 7.90. The molecule has 0 aliphatic carbocycles. The highest BCUT2D eigenvalue weighted by Gasteiger charge is 2.36. The summed E-state index contributed by atoms with van der Waals surface area (Å²) >= 11 is 11.9. The lowest BCUT2D eigenvalue weighted by Crippen LogP contribution is -2.41. The number of aliphatic hydroxyl groups is 1. The molecule has 1 unspecified atom stereocenters. The maximum absolute atomic E-state index is 12.8. The Balaban J connectivity index is 1.97. The van der Waals surface area contributed by atoms with Gasteiger partial charge in [-0.1, -0.05) is 29.3 Å². The second-order valence-corrected chi connectivity index (χ2v) is 12.1. The third kappa shape index (κ3) is 7.74. The van der Waals surface area contributed by atoms with Crippen LogP contribution in [-0.4, -0.2) is 72.2 Å². The van der Waals surface area contributed by atoms with Crippen molar-refractivity contribution >= 4 is 51.1 Å². The predicted molar refractivity (Wildman–Crippen MR) is 132 cm³/mol. The van der Waals surface area contributed by atoms with Gasteiger partial charge in [0.25, 0.3) is 11.8 Å². The summed E-state index contributed by atoms with van der Waals surface area (Å²) in [6, 6.07) is 4.91. The van der Waals surface area contributed by atoms with E-state index in [4.69, 9.17) is 27.9 Å². The summed E-state index contributed by atoms with van der Waals surface area (Å²) in [7, 11) is -2.56. The number of aliphatic hydroxyl groups excluding tert-OH is 1. The summed E-state index contributed by atoms with van der Waals surface area (Å²) in [5, 5.41) is 9.91. The van der Waals surface area contributed by atoms with Gasteiger partial charge in [-0.2, -0.15) is 0 Å². The number of nitrogens with zero attached hydrogens (tertiary/aromatic N) is 2. The second-order valence-electron chi connectivity index (χ2n) is 9.21. The molecule has 0 saturated heterocycles. The fourth-order valence-electron chi connectivity index (χ4n) is 3.19. The van der Waals surface area contributed by atoms with Crippen LogP contribution in [-0.2, 0) is 30.9 Å². The molecule has 2 rings (SSSR count). The summed E-state index contributed by atoms with van der Waals surface area (Å²) in [5.74, 6) is -2.02. The number of hydrogen-bond donors (Lipinski definition) is 2. The van der Waals surface area contributed by atoms with E-state index in [0.717, 1.165) is 0 Å². The average molecular weight is 550 g/mol. The number of nitrogens with one attached hydrogen (secondary N) is 1. The van der Waals surface area contributed by atoms with Crippen molar-refractivity contribution in [3.8, 4) is 0 Å². The van der Waals surface area contributed by atoms with Crippen molar-refractivity contribution in [1.82, 2.24) is 14.5 Å². The molecule has 3 amide bonds. The first-order valence-electron chi connectivity index (χ1n) is 10.7. The van der Waals surface area contributed by atoms with E-state index in [0.29, 0.717) is 15.6 Å². The number of carbonyl (C=O) groups is 3. The van der Waals surface area contributed by atoms with E-state index in [1.165, 1.54) is 23.8 Å². The molecule has 10 nitrogen and oxygen atoms in total. The Morgan fingerprint density at radius 2 is 1.89 bits per heavy atom. The van der Waals surface area contributed by atoms with E-state index in [-0.39, 0.29) is 31.6 Å². The molecule has 2 N–H and O–H groups in total.